The summed E-state index contributed by atoms with van der Waals surface area (Å²) in [6.07, 6.45) is 5.00. The van der Waals surface area contributed by atoms with Crippen molar-refractivity contribution in [3.63, 3.8) is 0 Å². The van der Waals surface area contributed by atoms with Crippen molar-refractivity contribution in [3.05, 3.63) is 89.8 Å². The molecule has 1 aromatic heterocycles. The number of hydrogen-bond acceptors (Lipinski definition) is 4. The lowest BCUT2D eigenvalue weighted by atomic mass is 10.1. The van der Waals surface area contributed by atoms with Crippen LogP contribution in [-0.2, 0) is 0 Å². The molecule has 5 nitrogen and oxygen atoms in total. The summed E-state index contributed by atoms with van der Waals surface area (Å²) in [5.74, 6) is 1.14. The van der Waals surface area contributed by atoms with Gasteiger partial charge in [-0.1, -0.05) is 43.0 Å². The number of aryl methyl sites for hydroxylation is 1. The molecule has 0 saturated heterocycles. The van der Waals surface area contributed by atoms with Gasteiger partial charge >= 0.3 is 0 Å². The van der Waals surface area contributed by atoms with Gasteiger partial charge in [-0.2, -0.15) is 5.10 Å². The van der Waals surface area contributed by atoms with Crippen LogP contribution in [0.25, 0.3) is 11.8 Å². The summed E-state index contributed by atoms with van der Waals surface area (Å²) in [5, 5.41) is 4.54. The van der Waals surface area contributed by atoms with Crippen molar-refractivity contribution in [2.45, 2.75) is 13.8 Å². The Balaban J connectivity index is 1.84. The Labute approximate surface area is 170 Å². The van der Waals surface area contributed by atoms with Gasteiger partial charge in [-0.15, -0.1) is 0 Å². The fraction of sp³-hybridized carbons (Fsp3) is 0.167. The number of nitrogens with zero attached hydrogens (tertiary/aromatic N) is 2. The van der Waals surface area contributed by atoms with E-state index in [1.54, 1.807) is 30.0 Å². The molecule has 0 unspecified atom stereocenters. The minimum absolute atomic E-state index is 0.0897. The number of rotatable bonds is 8. The van der Waals surface area contributed by atoms with E-state index in [9.17, 15) is 4.79 Å². The largest absolute Gasteiger partial charge is 0.493 e. The molecule has 3 aromatic rings. The van der Waals surface area contributed by atoms with Crippen LogP contribution in [0.5, 0.6) is 11.5 Å². The number of aromatic nitrogens is 2. The van der Waals surface area contributed by atoms with E-state index in [0.29, 0.717) is 29.4 Å². The van der Waals surface area contributed by atoms with Gasteiger partial charge < -0.3 is 9.47 Å². The predicted octanol–water partition coefficient (Wildman–Crippen LogP) is 4.96. The Morgan fingerprint density at radius 1 is 1.14 bits per heavy atom. The van der Waals surface area contributed by atoms with Crippen molar-refractivity contribution in [2.75, 3.05) is 13.7 Å². The molecule has 0 saturated carbocycles. The van der Waals surface area contributed by atoms with Gasteiger partial charge in [0.1, 0.15) is 6.61 Å². The second kappa shape index (κ2) is 9.06. The van der Waals surface area contributed by atoms with E-state index in [0.717, 1.165) is 16.9 Å². The third-order valence-corrected chi connectivity index (χ3v) is 4.51. The zero-order valence-corrected chi connectivity index (χ0v) is 16.9. The van der Waals surface area contributed by atoms with Crippen molar-refractivity contribution in [1.29, 1.82) is 0 Å². The normalized spacial score (nSPS) is 10.9. The number of ketones is 1. The van der Waals surface area contributed by atoms with Gasteiger partial charge in [0.2, 0.25) is 0 Å². The molecular formula is C24H24N2O3. The van der Waals surface area contributed by atoms with Gasteiger partial charge in [0.25, 0.3) is 0 Å². The Hall–Kier alpha value is -3.60. The van der Waals surface area contributed by atoms with Crippen LogP contribution < -0.4 is 9.47 Å². The topological polar surface area (TPSA) is 53.3 Å². The van der Waals surface area contributed by atoms with Crippen LogP contribution in [0.15, 0.2) is 67.3 Å². The lowest BCUT2D eigenvalue weighted by Gasteiger charge is -2.09. The Morgan fingerprint density at radius 2 is 1.90 bits per heavy atom. The summed E-state index contributed by atoms with van der Waals surface area (Å²) < 4.78 is 12.7. The monoisotopic (exact) mass is 388 g/mol. The highest BCUT2D eigenvalue weighted by molar-refractivity contribution is 6.08. The molecule has 148 valence electrons. The molecule has 0 N–H and O–H groups in total. The van der Waals surface area contributed by atoms with Crippen molar-refractivity contribution in [1.82, 2.24) is 9.78 Å². The molecule has 0 radical (unpaired) electrons. The molecule has 0 amide bonds. The van der Waals surface area contributed by atoms with Crippen LogP contribution in [0.4, 0.5) is 0 Å². The van der Waals surface area contributed by atoms with Gasteiger partial charge in [0.05, 0.1) is 29.7 Å². The maximum absolute atomic E-state index is 12.9. The number of ether oxygens (including phenoxy) is 2. The second-order valence-corrected chi connectivity index (χ2v) is 6.50. The second-order valence-electron chi connectivity index (χ2n) is 6.50. The first-order valence-electron chi connectivity index (χ1n) is 9.31. The smallest absolute Gasteiger partial charge is 0.189 e. The highest BCUT2D eigenvalue weighted by Crippen LogP contribution is 2.28. The molecule has 1 heterocycles. The molecule has 0 bridgehead atoms. The van der Waals surface area contributed by atoms with E-state index >= 15 is 0 Å². The summed E-state index contributed by atoms with van der Waals surface area (Å²) in [6.45, 7) is 7.79. The zero-order valence-electron chi connectivity index (χ0n) is 16.9. The summed E-state index contributed by atoms with van der Waals surface area (Å²) in [5.41, 5.74) is 3.90. The molecule has 0 aliphatic carbocycles. The summed E-state index contributed by atoms with van der Waals surface area (Å²) in [6, 6.07) is 15.3. The number of para-hydroxylation sites is 1. The first-order valence-corrected chi connectivity index (χ1v) is 9.31. The predicted molar refractivity (Wildman–Crippen MR) is 115 cm³/mol. The SMILES string of the molecule is C=CCOc1ccc(C=CC(=O)c2c(C)nn(-c3ccccc3)c2C)cc1OC. The number of carbonyl (C=O) groups is 1. The first-order chi connectivity index (χ1) is 14.0. The molecule has 0 aliphatic rings. The minimum Gasteiger partial charge on any atom is -0.493 e. The van der Waals surface area contributed by atoms with Crippen LogP contribution in [0.1, 0.15) is 27.3 Å². The molecule has 29 heavy (non-hydrogen) atoms. The van der Waals surface area contributed by atoms with Crippen LogP contribution >= 0.6 is 0 Å². The average Bonchev–Trinajstić information content (AvgIpc) is 3.05. The van der Waals surface area contributed by atoms with Crippen molar-refractivity contribution in [3.8, 4) is 17.2 Å². The van der Waals surface area contributed by atoms with Crippen LogP contribution in [-0.4, -0.2) is 29.3 Å². The summed E-state index contributed by atoms with van der Waals surface area (Å²) in [7, 11) is 1.58. The maximum atomic E-state index is 12.9. The fourth-order valence-electron chi connectivity index (χ4n) is 3.13. The highest BCUT2D eigenvalue weighted by atomic mass is 16.5. The summed E-state index contributed by atoms with van der Waals surface area (Å²) >= 11 is 0. The number of carbonyl (C=O) groups excluding carboxylic acids is 1. The molecule has 0 atom stereocenters. The minimum atomic E-state index is -0.0897. The number of hydrogen-bond donors (Lipinski definition) is 0. The molecule has 0 spiro atoms. The third-order valence-electron chi connectivity index (χ3n) is 4.51. The van der Waals surface area contributed by atoms with Gasteiger partial charge in [0, 0.05) is 0 Å². The van der Waals surface area contributed by atoms with E-state index in [2.05, 4.69) is 11.7 Å². The van der Waals surface area contributed by atoms with Gasteiger partial charge in [0.15, 0.2) is 17.3 Å². The molecule has 3 rings (SSSR count). The van der Waals surface area contributed by atoms with Crippen molar-refractivity contribution < 1.29 is 14.3 Å². The molecule has 0 fully saturated rings. The Morgan fingerprint density at radius 3 is 2.59 bits per heavy atom. The van der Waals surface area contributed by atoms with Gasteiger partial charge in [-0.3, -0.25) is 4.79 Å². The van der Waals surface area contributed by atoms with Crippen LogP contribution in [0.2, 0.25) is 0 Å². The lowest BCUT2D eigenvalue weighted by molar-refractivity contribution is 0.104. The number of benzene rings is 2. The van der Waals surface area contributed by atoms with Crippen molar-refractivity contribution >= 4 is 11.9 Å². The Kier molecular flexibility index (Phi) is 6.29. The third kappa shape index (κ3) is 4.46. The quantitative estimate of drug-likeness (QED) is 0.311. The number of methoxy groups -OCH3 is 1. The molecule has 0 aliphatic heterocycles. The van der Waals surface area contributed by atoms with E-state index in [1.807, 2.05) is 62.4 Å². The fourth-order valence-corrected chi connectivity index (χ4v) is 3.13. The van der Waals surface area contributed by atoms with Crippen LogP contribution in [0, 0.1) is 13.8 Å². The number of allylic oxidation sites excluding steroid dienone is 1. The first kappa shape index (κ1) is 20.1. The molecular weight excluding hydrogens is 364 g/mol. The van der Waals surface area contributed by atoms with Crippen LogP contribution in [0.3, 0.4) is 0 Å². The summed E-state index contributed by atoms with van der Waals surface area (Å²) in [4.78, 5) is 12.9. The van der Waals surface area contributed by atoms with E-state index in [4.69, 9.17) is 9.47 Å². The van der Waals surface area contributed by atoms with Gasteiger partial charge in [-0.05, 0) is 49.8 Å². The average molecular weight is 388 g/mol. The standard InChI is InChI=1S/C24H24N2O3/c1-5-15-29-22-14-12-19(16-23(22)28-4)11-13-21(27)24-17(2)25-26(18(24)3)20-9-7-6-8-10-20/h5-14,16H,1,15H2,2-4H3. The molecule has 2 aromatic carbocycles. The zero-order chi connectivity index (χ0) is 20.8. The van der Waals surface area contributed by atoms with Gasteiger partial charge in [-0.25, -0.2) is 4.68 Å². The van der Waals surface area contributed by atoms with Crippen molar-refractivity contribution in [2.24, 2.45) is 0 Å². The molecule has 5 heteroatoms. The van der Waals surface area contributed by atoms with E-state index in [-0.39, 0.29) is 5.78 Å². The van der Waals surface area contributed by atoms with E-state index < -0.39 is 0 Å². The Bertz CT molecular complexity index is 1050. The van der Waals surface area contributed by atoms with E-state index in [1.165, 1.54) is 0 Å². The lowest BCUT2D eigenvalue weighted by Crippen LogP contribution is -2.01. The maximum Gasteiger partial charge on any atom is 0.189 e. The highest BCUT2D eigenvalue weighted by Gasteiger charge is 2.17.